The lowest BCUT2D eigenvalue weighted by atomic mass is 10.1. The number of hydrogen-bond donors (Lipinski definition) is 3. The minimum Gasteiger partial charge on any atom is -0.496 e. The number of benzene rings is 2. The Hall–Kier alpha value is -2.80. The molecule has 0 saturated heterocycles. The molecule has 118 valence electrons. The predicted octanol–water partition coefficient (Wildman–Crippen LogP) is 3.17. The summed E-state index contributed by atoms with van der Waals surface area (Å²) in [7, 11) is 1.49. The molecule has 3 rings (SSSR count). The lowest BCUT2D eigenvalue weighted by Crippen LogP contribution is -2.08. The Bertz CT molecular complexity index is 930. The highest BCUT2D eigenvalue weighted by Crippen LogP contribution is 2.25. The van der Waals surface area contributed by atoms with Gasteiger partial charge in [0.2, 0.25) is 0 Å². The van der Waals surface area contributed by atoms with Crippen LogP contribution in [0.15, 0.2) is 36.4 Å². The molecular formula is C16H15N3O3S. The Kier molecular flexibility index (Phi) is 4.03. The van der Waals surface area contributed by atoms with Crippen LogP contribution in [0, 0.1) is 4.77 Å². The van der Waals surface area contributed by atoms with Crippen LogP contribution in [-0.2, 0) is 11.3 Å². The van der Waals surface area contributed by atoms with Gasteiger partial charge in [-0.25, -0.2) is 4.79 Å². The number of carbonyl (C=O) groups excluding carboxylic acids is 1. The number of fused-ring (bicyclic) bond motifs is 1. The minimum atomic E-state index is -0.493. The number of ether oxygens (including phenoxy) is 2. The number of anilines is 1. The second-order valence-electron chi connectivity index (χ2n) is 4.95. The number of H-pyrrole nitrogens is 2. The van der Waals surface area contributed by atoms with Crippen molar-refractivity contribution in [3.63, 3.8) is 0 Å². The highest BCUT2D eigenvalue weighted by molar-refractivity contribution is 7.71. The number of methoxy groups -OCH3 is 1. The van der Waals surface area contributed by atoms with Gasteiger partial charge in [-0.15, -0.1) is 0 Å². The van der Waals surface area contributed by atoms with Crippen LogP contribution in [0.1, 0.15) is 15.9 Å². The Balaban J connectivity index is 1.88. The summed E-state index contributed by atoms with van der Waals surface area (Å²) in [4.78, 5) is 18.3. The third-order valence-electron chi connectivity index (χ3n) is 3.47. The number of nitrogen functional groups attached to an aromatic ring is 1. The SMILES string of the molecule is COc1cc2[nH]c(=S)[nH]c2cc1C(=O)OCc1ccccc1N. The van der Waals surface area contributed by atoms with Crippen molar-refractivity contribution in [1.82, 2.24) is 9.97 Å². The fourth-order valence-electron chi connectivity index (χ4n) is 2.28. The summed E-state index contributed by atoms with van der Waals surface area (Å²) in [6, 6.07) is 10.6. The second-order valence-corrected chi connectivity index (χ2v) is 5.36. The Labute approximate surface area is 137 Å². The maximum Gasteiger partial charge on any atom is 0.342 e. The average molecular weight is 329 g/mol. The largest absolute Gasteiger partial charge is 0.496 e. The third-order valence-corrected chi connectivity index (χ3v) is 3.67. The van der Waals surface area contributed by atoms with Crippen molar-refractivity contribution in [3.05, 3.63) is 52.3 Å². The molecule has 1 heterocycles. The zero-order valence-corrected chi connectivity index (χ0v) is 13.2. The van der Waals surface area contributed by atoms with E-state index in [2.05, 4.69) is 9.97 Å². The number of carbonyl (C=O) groups is 1. The van der Waals surface area contributed by atoms with Crippen LogP contribution in [0.25, 0.3) is 11.0 Å². The minimum absolute atomic E-state index is 0.0931. The maximum absolute atomic E-state index is 12.4. The van der Waals surface area contributed by atoms with E-state index in [1.54, 1.807) is 18.2 Å². The maximum atomic E-state index is 12.4. The molecule has 0 amide bonds. The number of hydrogen-bond acceptors (Lipinski definition) is 5. The van der Waals surface area contributed by atoms with Crippen LogP contribution in [0.2, 0.25) is 0 Å². The second kappa shape index (κ2) is 6.13. The van der Waals surface area contributed by atoms with Gasteiger partial charge in [0, 0.05) is 17.3 Å². The number of para-hydroxylation sites is 1. The van der Waals surface area contributed by atoms with Crippen molar-refractivity contribution < 1.29 is 14.3 Å². The number of esters is 1. The first-order valence-corrected chi connectivity index (χ1v) is 7.30. The average Bonchev–Trinajstić information content (AvgIpc) is 2.91. The Morgan fingerprint density at radius 1 is 1.22 bits per heavy atom. The molecule has 0 aliphatic carbocycles. The summed E-state index contributed by atoms with van der Waals surface area (Å²) >= 11 is 5.05. The molecule has 3 aromatic rings. The summed E-state index contributed by atoms with van der Waals surface area (Å²) in [6.45, 7) is 0.0931. The van der Waals surface area contributed by atoms with Crippen LogP contribution in [0.5, 0.6) is 5.75 Å². The van der Waals surface area contributed by atoms with Gasteiger partial charge in [0.05, 0.1) is 18.1 Å². The number of imidazole rings is 1. The summed E-state index contributed by atoms with van der Waals surface area (Å²) in [5, 5.41) is 0. The van der Waals surface area contributed by atoms with Crippen molar-refractivity contribution in [2.45, 2.75) is 6.61 Å². The van der Waals surface area contributed by atoms with Gasteiger partial charge in [-0.2, -0.15) is 0 Å². The van der Waals surface area contributed by atoms with Gasteiger partial charge in [-0.1, -0.05) is 18.2 Å². The van der Waals surface area contributed by atoms with E-state index in [1.165, 1.54) is 7.11 Å². The van der Waals surface area contributed by atoms with E-state index in [9.17, 15) is 4.79 Å². The zero-order valence-electron chi connectivity index (χ0n) is 12.4. The molecule has 0 unspecified atom stereocenters. The number of aromatic nitrogens is 2. The van der Waals surface area contributed by atoms with E-state index < -0.39 is 5.97 Å². The Morgan fingerprint density at radius 3 is 2.61 bits per heavy atom. The summed E-state index contributed by atoms with van der Waals surface area (Å²) in [6.07, 6.45) is 0. The topological polar surface area (TPSA) is 93.1 Å². The highest BCUT2D eigenvalue weighted by atomic mass is 32.1. The molecule has 1 aromatic heterocycles. The van der Waals surface area contributed by atoms with Gasteiger partial charge in [0.25, 0.3) is 0 Å². The van der Waals surface area contributed by atoms with E-state index in [0.717, 1.165) is 11.1 Å². The molecule has 2 aromatic carbocycles. The van der Waals surface area contributed by atoms with Gasteiger partial charge in [0.15, 0.2) is 4.77 Å². The van der Waals surface area contributed by atoms with Crippen LogP contribution in [0.3, 0.4) is 0 Å². The first-order chi connectivity index (χ1) is 11.1. The van der Waals surface area contributed by atoms with Crippen LogP contribution < -0.4 is 10.5 Å². The van der Waals surface area contributed by atoms with E-state index in [-0.39, 0.29) is 6.61 Å². The van der Waals surface area contributed by atoms with Crippen LogP contribution in [-0.4, -0.2) is 23.0 Å². The Morgan fingerprint density at radius 2 is 1.91 bits per heavy atom. The molecule has 23 heavy (non-hydrogen) atoms. The molecule has 4 N–H and O–H groups in total. The van der Waals surface area contributed by atoms with Crippen LogP contribution in [0.4, 0.5) is 5.69 Å². The molecule has 7 heteroatoms. The van der Waals surface area contributed by atoms with Gasteiger partial charge < -0.3 is 25.2 Å². The molecule has 6 nitrogen and oxygen atoms in total. The molecule has 0 spiro atoms. The van der Waals surface area contributed by atoms with E-state index >= 15 is 0 Å². The fraction of sp³-hybridized carbons (Fsp3) is 0.125. The van der Waals surface area contributed by atoms with Gasteiger partial charge in [-0.3, -0.25) is 0 Å². The lowest BCUT2D eigenvalue weighted by molar-refractivity contribution is 0.0470. The van der Waals surface area contributed by atoms with Crippen molar-refractivity contribution in [2.75, 3.05) is 12.8 Å². The number of nitrogens with two attached hydrogens (primary N) is 1. The van der Waals surface area contributed by atoms with Crippen molar-refractivity contribution in [2.24, 2.45) is 0 Å². The van der Waals surface area contributed by atoms with Crippen molar-refractivity contribution in [3.8, 4) is 5.75 Å². The summed E-state index contributed by atoms with van der Waals surface area (Å²) < 4.78 is 11.1. The number of nitrogens with one attached hydrogen (secondary N) is 2. The van der Waals surface area contributed by atoms with Gasteiger partial charge in [0.1, 0.15) is 17.9 Å². The molecule has 0 fully saturated rings. The number of rotatable bonds is 4. The van der Waals surface area contributed by atoms with E-state index in [1.807, 2.05) is 18.2 Å². The lowest BCUT2D eigenvalue weighted by Gasteiger charge is -2.10. The highest BCUT2D eigenvalue weighted by Gasteiger charge is 2.16. The van der Waals surface area contributed by atoms with Gasteiger partial charge >= 0.3 is 5.97 Å². The first-order valence-electron chi connectivity index (χ1n) is 6.89. The van der Waals surface area contributed by atoms with Gasteiger partial charge in [-0.05, 0) is 24.4 Å². The smallest absolute Gasteiger partial charge is 0.342 e. The predicted molar refractivity (Wildman–Crippen MR) is 90.0 cm³/mol. The fourth-order valence-corrected chi connectivity index (χ4v) is 2.50. The molecule has 0 bridgehead atoms. The zero-order chi connectivity index (χ0) is 16.4. The summed E-state index contributed by atoms with van der Waals surface area (Å²) in [5.74, 6) is -0.0821. The van der Waals surface area contributed by atoms with E-state index in [4.69, 9.17) is 27.4 Å². The quantitative estimate of drug-likeness (QED) is 0.388. The first kappa shape index (κ1) is 15.1. The van der Waals surface area contributed by atoms with Crippen molar-refractivity contribution in [1.29, 1.82) is 0 Å². The van der Waals surface area contributed by atoms with Crippen molar-refractivity contribution >= 4 is 34.9 Å². The molecule has 0 radical (unpaired) electrons. The molecular weight excluding hydrogens is 314 g/mol. The standard InChI is InChI=1S/C16H15N3O3S/c1-21-14-7-13-12(18-16(23)19-13)6-10(14)15(20)22-8-9-4-2-3-5-11(9)17/h2-7H,8,17H2,1H3,(H2,18,19,23). The molecule has 0 atom stereocenters. The summed E-state index contributed by atoms with van der Waals surface area (Å²) in [5.41, 5.74) is 8.96. The molecule has 0 saturated carbocycles. The monoisotopic (exact) mass is 329 g/mol. The molecule has 0 aliphatic rings. The third kappa shape index (κ3) is 3.04. The molecule has 0 aliphatic heterocycles. The van der Waals surface area contributed by atoms with E-state index in [0.29, 0.717) is 27.3 Å². The normalized spacial score (nSPS) is 10.7. The number of aromatic amines is 2. The van der Waals surface area contributed by atoms with Crippen LogP contribution >= 0.6 is 12.2 Å².